The lowest BCUT2D eigenvalue weighted by molar-refractivity contribution is -0.307. The van der Waals surface area contributed by atoms with Gasteiger partial charge in [0.2, 0.25) is 6.29 Å². The predicted molar refractivity (Wildman–Crippen MR) is 105 cm³/mol. The van der Waals surface area contributed by atoms with E-state index in [9.17, 15) is 35.4 Å². The number of aliphatic hydroxyl groups excluding tert-OH is 6. The Morgan fingerprint density at radius 3 is 2.33 bits per heavy atom. The van der Waals surface area contributed by atoms with Gasteiger partial charge in [-0.3, -0.25) is 0 Å². The van der Waals surface area contributed by atoms with Crippen molar-refractivity contribution in [2.24, 2.45) is 0 Å². The van der Waals surface area contributed by atoms with Crippen LogP contribution < -0.4 is 9.47 Å². The van der Waals surface area contributed by atoms with Gasteiger partial charge in [-0.2, -0.15) is 0 Å². The molecule has 1 aromatic carbocycles. The summed E-state index contributed by atoms with van der Waals surface area (Å²) >= 11 is 0. The van der Waals surface area contributed by atoms with Gasteiger partial charge >= 0.3 is 5.97 Å². The second-order valence-corrected chi connectivity index (χ2v) is 7.57. The molecule has 0 saturated carbocycles. The van der Waals surface area contributed by atoms with E-state index in [2.05, 4.69) is 0 Å². The molecule has 9 atom stereocenters. The van der Waals surface area contributed by atoms with Crippen molar-refractivity contribution in [3.05, 3.63) is 23.8 Å². The molecule has 186 valence electrons. The molecule has 2 aliphatic heterocycles. The SMILES string of the molecule is COC(=O)c1ccc(OC)cc1O[C@@H]1O[C@H](CO[C@@H]2OC[C@@H](O)[C@H](O)[C@H]2O)[C@@H](O)[C@H](O)[C@H]1O. The molecule has 0 aliphatic carbocycles. The van der Waals surface area contributed by atoms with Crippen LogP contribution in [0, 0.1) is 0 Å². The summed E-state index contributed by atoms with van der Waals surface area (Å²) in [4.78, 5) is 12.1. The molecule has 2 saturated heterocycles. The molecule has 13 heteroatoms. The van der Waals surface area contributed by atoms with Gasteiger partial charge in [-0.1, -0.05) is 0 Å². The minimum Gasteiger partial charge on any atom is -0.497 e. The first-order chi connectivity index (χ1) is 15.7. The summed E-state index contributed by atoms with van der Waals surface area (Å²) in [5, 5.41) is 60.1. The molecular formula is C20H28O13. The summed E-state index contributed by atoms with van der Waals surface area (Å²) in [5.41, 5.74) is -0.00575. The normalized spacial score (nSPS) is 36.8. The van der Waals surface area contributed by atoms with Crippen LogP contribution >= 0.6 is 0 Å². The molecule has 0 amide bonds. The highest BCUT2D eigenvalue weighted by molar-refractivity contribution is 5.92. The number of methoxy groups -OCH3 is 2. The molecule has 0 aromatic heterocycles. The van der Waals surface area contributed by atoms with E-state index in [1.54, 1.807) is 0 Å². The second-order valence-electron chi connectivity index (χ2n) is 7.57. The van der Waals surface area contributed by atoms with Gasteiger partial charge < -0.3 is 59.1 Å². The Hall–Kier alpha value is -2.07. The number of carbonyl (C=O) groups excluding carboxylic acids is 1. The summed E-state index contributed by atoms with van der Waals surface area (Å²) < 4.78 is 31.5. The van der Waals surface area contributed by atoms with Gasteiger partial charge in [-0.05, 0) is 12.1 Å². The molecule has 1 aromatic rings. The van der Waals surface area contributed by atoms with E-state index in [0.29, 0.717) is 5.75 Å². The highest BCUT2D eigenvalue weighted by Gasteiger charge is 2.46. The lowest BCUT2D eigenvalue weighted by Gasteiger charge is -2.41. The van der Waals surface area contributed by atoms with Crippen molar-refractivity contribution in [3.63, 3.8) is 0 Å². The lowest BCUT2D eigenvalue weighted by Crippen LogP contribution is -2.61. The van der Waals surface area contributed by atoms with E-state index in [1.165, 1.54) is 32.4 Å². The lowest BCUT2D eigenvalue weighted by atomic mass is 9.99. The van der Waals surface area contributed by atoms with Crippen molar-refractivity contribution >= 4 is 5.97 Å². The summed E-state index contributed by atoms with van der Waals surface area (Å²) in [7, 11) is 2.57. The number of hydrogen-bond donors (Lipinski definition) is 6. The standard InChI is InChI=1S/C20H28O13/c1-28-8-3-4-9(18(27)29-2)11(5-8)32-20-17(26)15(24)14(23)12(33-20)7-31-19-16(25)13(22)10(21)6-30-19/h3-5,10,12-17,19-26H,6-7H2,1-2H3/t10-,12-,13+,14-,15+,16-,17-,19+,20-/m1/s1. The summed E-state index contributed by atoms with van der Waals surface area (Å²) in [6.45, 7) is -0.743. The smallest absolute Gasteiger partial charge is 0.341 e. The van der Waals surface area contributed by atoms with Gasteiger partial charge in [-0.15, -0.1) is 0 Å². The van der Waals surface area contributed by atoms with Crippen LogP contribution in [0.25, 0.3) is 0 Å². The van der Waals surface area contributed by atoms with Crippen LogP contribution in [0.15, 0.2) is 18.2 Å². The van der Waals surface area contributed by atoms with E-state index >= 15 is 0 Å². The van der Waals surface area contributed by atoms with Gasteiger partial charge in [0.1, 0.15) is 59.8 Å². The molecule has 13 nitrogen and oxygen atoms in total. The molecule has 0 spiro atoms. The van der Waals surface area contributed by atoms with E-state index < -0.39 is 67.9 Å². The fourth-order valence-corrected chi connectivity index (χ4v) is 3.40. The van der Waals surface area contributed by atoms with E-state index in [4.69, 9.17) is 28.4 Å². The average molecular weight is 476 g/mol. The van der Waals surface area contributed by atoms with Gasteiger partial charge in [0.25, 0.3) is 0 Å². The topological polar surface area (TPSA) is 194 Å². The Labute approximate surface area is 188 Å². The summed E-state index contributed by atoms with van der Waals surface area (Å²) in [6, 6.07) is 4.22. The molecular weight excluding hydrogens is 448 g/mol. The predicted octanol–water partition coefficient (Wildman–Crippen LogP) is -2.88. The molecule has 0 radical (unpaired) electrons. The van der Waals surface area contributed by atoms with Gasteiger partial charge in [0.15, 0.2) is 6.29 Å². The van der Waals surface area contributed by atoms with Gasteiger partial charge in [0, 0.05) is 6.07 Å². The van der Waals surface area contributed by atoms with E-state index in [-0.39, 0.29) is 17.9 Å². The molecule has 0 bridgehead atoms. The van der Waals surface area contributed by atoms with Crippen LogP contribution in [0.2, 0.25) is 0 Å². The monoisotopic (exact) mass is 476 g/mol. The Bertz CT molecular complexity index is 804. The molecule has 3 rings (SSSR count). The maximum atomic E-state index is 12.1. The van der Waals surface area contributed by atoms with Crippen molar-refractivity contribution < 1.29 is 63.9 Å². The highest BCUT2D eigenvalue weighted by Crippen LogP contribution is 2.30. The van der Waals surface area contributed by atoms with Crippen molar-refractivity contribution in [2.45, 2.75) is 55.3 Å². The molecule has 0 unspecified atom stereocenters. The minimum atomic E-state index is -1.71. The first-order valence-corrected chi connectivity index (χ1v) is 10.1. The van der Waals surface area contributed by atoms with Gasteiger partial charge in [0.05, 0.1) is 27.4 Å². The third-order valence-corrected chi connectivity index (χ3v) is 5.38. The number of benzene rings is 1. The Morgan fingerprint density at radius 2 is 1.67 bits per heavy atom. The highest BCUT2D eigenvalue weighted by atomic mass is 16.7. The summed E-state index contributed by atoms with van der Waals surface area (Å²) in [5.74, 6) is -0.480. The van der Waals surface area contributed by atoms with Crippen LogP contribution in [0.5, 0.6) is 11.5 Å². The van der Waals surface area contributed by atoms with Crippen LogP contribution in [0.3, 0.4) is 0 Å². The van der Waals surface area contributed by atoms with E-state index in [0.717, 1.165) is 0 Å². The van der Waals surface area contributed by atoms with Crippen molar-refractivity contribution in [1.29, 1.82) is 0 Å². The number of esters is 1. The molecule has 33 heavy (non-hydrogen) atoms. The zero-order chi connectivity index (χ0) is 24.3. The van der Waals surface area contributed by atoms with Crippen LogP contribution in [0.4, 0.5) is 0 Å². The van der Waals surface area contributed by atoms with Crippen molar-refractivity contribution in [1.82, 2.24) is 0 Å². The zero-order valence-electron chi connectivity index (χ0n) is 17.9. The Kier molecular flexibility index (Phi) is 8.44. The first-order valence-electron chi connectivity index (χ1n) is 10.1. The molecule has 2 aliphatic rings. The van der Waals surface area contributed by atoms with Crippen LogP contribution in [-0.4, -0.2) is 119 Å². The Morgan fingerprint density at radius 1 is 0.970 bits per heavy atom. The molecule has 6 N–H and O–H groups in total. The summed E-state index contributed by atoms with van der Waals surface area (Å²) in [6.07, 6.45) is -13.6. The number of hydrogen-bond acceptors (Lipinski definition) is 13. The minimum absolute atomic E-state index is 0.00575. The third-order valence-electron chi connectivity index (χ3n) is 5.38. The third kappa shape index (κ3) is 5.54. The Balaban J connectivity index is 1.73. The van der Waals surface area contributed by atoms with Crippen molar-refractivity contribution in [2.75, 3.05) is 27.4 Å². The fourth-order valence-electron chi connectivity index (χ4n) is 3.40. The van der Waals surface area contributed by atoms with E-state index in [1.807, 2.05) is 0 Å². The number of ether oxygens (including phenoxy) is 6. The second kappa shape index (κ2) is 10.9. The maximum absolute atomic E-state index is 12.1. The maximum Gasteiger partial charge on any atom is 0.341 e. The zero-order valence-corrected chi connectivity index (χ0v) is 17.9. The first kappa shape index (κ1) is 25.6. The van der Waals surface area contributed by atoms with Crippen LogP contribution in [-0.2, 0) is 18.9 Å². The van der Waals surface area contributed by atoms with Crippen LogP contribution in [0.1, 0.15) is 10.4 Å². The van der Waals surface area contributed by atoms with Crippen molar-refractivity contribution in [3.8, 4) is 11.5 Å². The van der Waals surface area contributed by atoms with Gasteiger partial charge in [-0.25, -0.2) is 4.79 Å². The fraction of sp³-hybridized carbons (Fsp3) is 0.650. The number of aliphatic hydroxyl groups is 6. The number of carbonyl (C=O) groups is 1. The number of rotatable bonds is 7. The molecule has 2 heterocycles. The molecule has 2 fully saturated rings. The average Bonchev–Trinajstić information content (AvgIpc) is 2.82. The quantitative estimate of drug-likeness (QED) is 0.220. The largest absolute Gasteiger partial charge is 0.497 e.